The summed E-state index contributed by atoms with van der Waals surface area (Å²) in [6.45, 7) is 0.347. The van der Waals surface area contributed by atoms with Crippen LogP contribution in [0, 0.1) is 23.0 Å². The molecule has 6 heteroatoms. The van der Waals surface area contributed by atoms with Gasteiger partial charge < -0.3 is 10.4 Å². The lowest BCUT2D eigenvalue weighted by Gasteiger charge is -2.08. The van der Waals surface area contributed by atoms with Crippen LogP contribution >= 0.6 is 0 Å². The fourth-order valence-corrected chi connectivity index (χ4v) is 1.60. The fraction of sp³-hybridized carbons (Fsp3) is 0.385. The van der Waals surface area contributed by atoms with Gasteiger partial charge in [-0.15, -0.1) is 0 Å². The van der Waals surface area contributed by atoms with Gasteiger partial charge in [-0.1, -0.05) is 6.42 Å². The number of nitriles is 1. The summed E-state index contributed by atoms with van der Waals surface area (Å²) in [6.07, 6.45) is 1.92. The van der Waals surface area contributed by atoms with Gasteiger partial charge in [0.1, 0.15) is 5.69 Å². The molecule has 4 nitrogen and oxygen atoms in total. The number of carboxylic acids is 1. The van der Waals surface area contributed by atoms with Gasteiger partial charge >= 0.3 is 5.97 Å². The highest BCUT2D eigenvalue weighted by molar-refractivity contribution is 5.66. The molecule has 0 aromatic heterocycles. The number of carboxylic acid groups (broad SMARTS) is 1. The Bertz CT molecular complexity index is 475. The molecule has 0 spiro atoms. The first kappa shape index (κ1) is 14.9. The summed E-state index contributed by atoms with van der Waals surface area (Å²) in [5, 5.41) is 19.6. The fourth-order valence-electron chi connectivity index (χ4n) is 1.60. The molecular weight excluding hydrogens is 254 g/mol. The van der Waals surface area contributed by atoms with E-state index in [1.165, 1.54) is 0 Å². The van der Waals surface area contributed by atoms with Crippen LogP contribution < -0.4 is 5.32 Å². The minimum absolute atomic E-state index is 0.0676. The molecule has 0 radical (unpaired) electrons. The van der Waals surface area contributed by atoms with E-state index >= 15 is 0 Å². The molecule has 2 N–H and O–H groups in total. The number of hydrogen-bond donors (Lipinski definition) is 2. The number of rotatable bonds is 7. The normalized spacial score (nSPS) is 9.95. The van der Waals surface area contributed by atoms with Crippen molar-refractivity contribution in [2.75, 3.05) is 11.9 Å². The van der Waals surface area contributed by atoms with Crippen LogP contribution in [0.5, 0.6) is 0 Å². The first-order valence-corrected chi connectivity index (χ1v) is 5.89. The Morgan fingerprint density at radius 1 is 1.26 bits per heavy atom. The molecule has 0 aliphatic rings. The molecule has 0 amide bonds. The Morgan fingerprint density at radius 2 is 1.89 bits per heavy atom. The van der Waals surface area contributed by atoms with Gasteiger partial charge in [-0.25, -0.2) is 8.78 Å². The molecule has 1 aromatic rings. The highest BCUT2D eigenvalue weighted by Gasteiger charge is 2.10. The van der Waals surface area contributed by atoms with Crippen LogP contribution in [0.3, 0.4) is 0 Å². The van der Waals surface area contributed by atoms with Crippen LogP contribution in [0.25, 0.3) is 0 Å². The van der Waals surface area contributed by atoms with Gasteiger partial charge in [0.05, 0.1) is 11.6 Å². The lowest BCUT2D eigenvalue weighted by atomic mass is 10.1. The van der Waals surface area contributed by atoms with Crippen molar-refractivity contribution < 1.29 is 18.7 Å². The predicted octanol–water partition coefficient (Wildman–Crippen LogP) is 2.89. The number of hydrogen-bond acceptors (Lipinski definition) is 3. The Morgan fingerprint density at radius 3 is 2.42 bits per heavy atom. The van der Waals surface area contributed by atoms with Crippen LogP contribution in [-0.4, -0.2) is 17.6 Å². The lowest BCUT2D eigenvalue weighted by molar-refractivity contribution is -0.137. The maximum Gasteiger partial charge on any atom is 0.303 e. The highest BCUT2D eigenvalue weighted by atomic mass is 19.1. The second-order valence-corrected chi connectivity index (χ2v) is 4.06. The number of halogens is 2. The van der Waals surface area contributed by atoms with Crippen LogP contribution in [-0.2, 0) is 4.79 Å². The number of benzene rings is 1. The van der Waals surface area contributed by atoms with Gasteiger partial charge in [0.25, 0.3) is 0 Å². The SMILES string of the molecule is N#Cc1cc(F)c(NCCCCCC(=O)O)c(F)c1. The van der Waals surface area contributed by atoms with Crippen LogP contribution in [0.1, 0.15) is 31.2 Å². The molecule has 19 heavy (non-hydrogen) atoms. The summed E-state index contributed by atoms with van der Waals surface area (Å²) in [4.78, 5) is 10.3. The molecule has 0 aliphatic carbocycles. The summed E-state index contributed by atoms with van der Waals surface area (Å²) in [7, 11) is 0. The average Bonchev–Trinajstić information content (AvgIpc) is 2.35. The van der Waals surface area contributed by atoms with Gasteiger partial charge in [0, 0.05) is 13.0 Å². The second kappa shape index (κ2) is 7.31. The Labute approximate surface area is 109 Å². The molecule has 0 saturated carbocycles. The second-order valence-electron chi connectivity index (χ2n) is 4.06. The van der Waals surface area contributed by atoms with E-state index in [-0.39, 0.29) is 17.7 Å². The van der Waals surface area contributed by atoms with E-state index in [1.807, 2.05) is 0 Å². The molecule has 1 aromatic carbocycles. The first-order chi connectivity index (χ1) is 9.04. The summed E-state index contributed by atoms with van der Waals surface area (Å²) >= 11 is 0. The summed E-state index contributed by atoms with van der Waals surface area (Å²) in [5.74, 6) is -2.46. The molecule has 0 bridgehead atoms. The van der Waals surface area contributed by atoms with Crippen LogP contribution in [0.15, 0.2) is 12.1 Å². The lowest BCUT2D eigenvalue weighted by Crippen LogP contribution is -2.06. The van der Waals surface area contributed by atoms with Crippen molar-refractivity contribution in [1.29, 1.82) is 5.26 Å². The van der Waals surface area contributed by atoms with Crippen molar-refractivity contribution in [1.82, 2.24) is 0 Å². The molecule has 0 aliphatic heterocycles. The molecular formula is C13H14F2N2O2. The minimum Gasteiger partial charge on any atom is -0.481 e. The highest BCUT2D eigenvalue weighted by Crippen LogP contribution is 2.20. The number of unbranched alkanes of at least 4 members (excludes halogenated alkanes) is 2. The van der Waals surface area contributed by atoms with E-state index in [1.54, 1.807) is 6.07 Å². The zero-order chi connectivity index (χ0) is 14.3. The predicted molar refractivity (Wildman–Crippen MR) is 65.7 cm³/mol. The molecule has 1 rings (SSSR count). The van der Waals surface area contributed by atoms with Crippen molar-refractivity contribution >= 4 is 11.7 Å². The third kappa shape index (κ3) is 4.92. The zero-order valence-corrected chi connectivity index (χ0v) is 10.2. The van der Waals surface area contributed by atoms with Gasteiger partial charge in [-0.2, -0.15) is 5.26 Å². The maximum atomic E-state index is 13.4. The van der Waals surface area contributed by atoms with Crippen molar-refractivity contribution in [2.24, 2.45) is 0 Å². The molecule has 0 atom stereocenters. The molecule has 102 valence electrons. The van der Waals surface area contributed by atoms with E-state index in [2.05, 4.69) is 5.32 Å². The van der Waals surface area contributed by atoms with Crippen molar-refractivity contribution in [3.05, 3.63) is 29.3 Å². The van der Waals surface area contributed by atoms with Crippen molar-refractivity contribution in [3.8, 4) is 6.07 Å². The van der Waals surface area contributed by atoms with E-state index in [9.17, 15) is 13.6 Å². The topological polar surface area (TPSA) is 73.1 Å². The van der Waals surface area contributed by atoms with Crippen LogP contribution in [0.2, 0.25) is 0 Å². The summed E-state index contributed by atoms with van der Waals surface area (Å²) in [6, 6.07) is 3.60. The number of carbonyl (C=O) groups is 1. The largest absolute Gasteiger partial charge is 0.481 e. The third-order valence-corrected chi connectivity index (χ3v) is 2.54. The number of aliphatic carboxylic acids is 1. The van der Waals surface area contributed by atoms with E-state index in [4.69, 9.17) is 10.4 Å². The van der Waals surface area contributed by atoms with Gasteiger partial charge in [-0.3, -0.25) is 4.79 Å². The Kier molecular flexibility index (Phi) is 5.73. The quantitative estimate of drug-likeness (QED) is 0.746. The Balaban J connectivity index is 2.42. The summed E-state index contributed by atoms with van der Waals surface area (Å²) in [5.41, 5.74) is -0.320. The minimum atomic E-state index is -0.850. The van der Waals surface area contributed by atoms with E-state index in [0.29, 0.717) is 25.8 Å². The van der Waals surface area contributed by atoms with Crippen LogP contribution in [0.4, 0.5) is 14.5 Å². The van der Waals surface area contributed by atoms with E-state index in [0.717, 1.165) is 12.1 Å². The Hall–Kier alpha value is -2.16. The average molecular weight is 268 g/mol. The molecule has 0 heterocycles. The standard InChI is InChI=1S/C13H14F2N2O2/c14-10-6-9(8-16)7-11(15)13(10)17-5-3-1-2-4-12(18)19/h6-7,17H,1-5H2,(H,18,19). The van der Waals surface area contributed by atoms with Gasteiger partial charge in [0.15, 0.2) is 11.6 Å². The molecule has 0 unspecified atom stereocenters. The summed E-state index contributed by atoms with van der Waals surface area (Å²) < 4.78 is 26.9. The third-order valence-electron chi connectivity index (χ3n) is 2.54. The number of nitrogens with zero attached hydrogens (tertiary/aromatic N) is 1. The smallest absolute Gasteiger partial charge is 0.303 e. The van der Waals surface area contributed by atoms with Crippen molar-refractivity contribution in [3.63, 3.8) is 0 Å². The monoisotopic (exact) mass is 268 g/mol. The van der Waals surface area contributed by atoms with Gasteiger partial charge in [0.2, 0.25) is 0 Å². The molecule has 0 saturated heterocycles. The zero-order valence-electron chi connectivity index (χ0n) is 10.2. The maximum absolute atomic E-state index is 13.4. The number of nitrogens with one attached hydrogen (secondary N) is 1. The van der Waals surface area contributed by atoms with Crippen molar-refractivity contribution in [2.45, 2.75) is 25.7 Å². The first-order valence-electron chi connectivity index (χ1n) is 5.89. The van der Waals surface area contributed by atoms with Gasteiger partial charge in [-0.05, 0) is 25.0 Å². The molecule has 0 fully saturated rings. The van der Waals surface area contributed by atoms with E-state index < -0.39 is 17.6 Å². The number of anilines is 1.